The van der Waals surface area contributed by atoms with Crippen molar-refractivity contribution in [3.63, 3.8) is 0 Å². The van der Waals surface area contributed by atoms with E-state index < -0.39 is 50.1 Å². The number of nitrogens with zero attached hydrogens (tertiary/aromatic N) is 11. The van der Waals surface area contributed by atoms with E-state index in [1.54, 1.807) is 96.6 Å². The van der Waals surface area contributed by atoms with E-state index in [0.29, 0.717) is 83.1 Å². The van der Waals surface area contributed by atoms with Gasteiger partial charge in [-0.2, -0.15) is 8.61 Å². The summed E-state index contributed by atoms with van der Waals surface area (Å²) >= 11 is 0. The average molecular weight is 1780 g/mol. The Labute approximate surface area is 719 Å². The lowest BCUT2D eigenvalue weighted by Gasteiger charge is -2.35. The second-order valence-electron chi connectivity index (χ2n) is 35.5. The number of likely N-dealkylation sites (N-methyl/N-ethyl adjacent to an activating group) is 3. The maximum Gasteiger partial charge on any atom is 0.225 e. The molecule has 0 aliphatic carbocycles. The van der Waals surface area contributed by atoms with Crippen LogP contribution in [0, 0.1) is 23.7 Å². The van der Waals surface area contributed by atoms with Crippen LogP contribution in [-0.2, 0) is 78.7 Å². The maximum absolute atomic E-state index is 11.9. The first kappa shape index (κ1) is 117. The van der Waals surface area contributed by atoms with Crippen molar-refractivity contribution in [2.24, 2.45) is 23.7 Å². The first-order chi connectivity index (χ1) is 54.3. The average Bonchev–Trinajstić information content (AvgIpc) is 1.82. The number of carbonyl (C=O) groups is 2. The molecular weight excluding hydrogens is 1600 g/mol. The molecule has 702 valence electrons. The summed E-state index contributed by atoms with van der Waals surface area (Å²) in [6.45, 7) is 66.1. The summed E-state index contributed by atoms with van der Waals surface area (Å²) in [7, 11) is -2.50. The van der Waals surface area contributed by atoms with Gasteiger partial charge in [-0.1, -0.05) is 41.5 Å². The van der Waals surface area contributed by atoms with Gasteiger partial charge in [0.15, 0.2) is 0 Å². The van der Waals surface area contributed by atoms with Crippen LogP contribution in [0.3, 0.4) is 0 Å². The molecule has 0 atom stereocenters. The van der Waals surface area contributed by atoms with Crippen molar-refractivity contribution in [3.8, 4) is 0 Å². The second-order valence-corrected chi connectivity index (χ2v) is 47.7. The largest absolute Gasteiger partial charge is 0.385 e. The van der Waals surface area contributed by atoms with Crippen LogP contribution in [0.25, 0.3) is 0 Å². The number of ether oxygens (including phenoxy) is 4. The minimum absolute atomic E-state index is 0.0811. The predicted octanol–water partition coefficient (Wildman–Crippen LogP) is 8.92. The molecule has 29 nitrogen and oxygen atoms in total. The minimum Gasteiger partial charge on any atom is -0.385 e. The molecule has 8 rings (SSSR count). The molecule has 0 aromatic carbocycles. The molecule has 8 aliphatic rings. The zero-order chi connectivity index (χ0) is 90.2. The summed E-state index contributed by atoms with van der Waals surface area (Å²) in [6.07, 6.45) is 13.7. The van der Waals surface area contributed by atoms with Crippen molar-refractivity contribution in [2.75, 3.05) is 220 Å². The van der Waals surface area contributed by atoms with Crippen LogP contribution in [0.2, 0.25) is 0 Å². The highest BCUT2D eigenvalue weighted by Crippen LogP contribution is 2.23. The Balaban J connectivity index is 0. The maximum atomic E-state index is 11.9. The fraction of sp³-hybridized carbons (Fsp3) is 0.976. The van der Waals surface area contributed by atoms with Crippen LogP contribution in [0.1, 0.15) is 229 Å². The standard InChI is InChI=1S/C10H22N2O2S.C9H18N2O.2C9H19N.2C8H18N2O2S.C8H17NO2.C8H16O2.C7H17NO3S.C7H15NO2S/c1-9(2)12-7-5-10(6-8-12)15(13,14)11(3)4;1-8(2)9(12)11-6-4-10(3)5-7-11;2*1-8(2)10-6-4-9(3)5-7-10;2*1-8(2)13(11,12)10-6-4-9(3)5-7-10;1-7(2)8(10)9-5-4-6-11-3;1-7(2)10-8-3-5-9-6-4-8;1-7(2)12(9,10)8-5-4-6-11-3;1-7(2)11(9,10)8-5-3-4-6-8/h9-10H,5-8H2,1-4H3;8H,4-7H2,1-3H3;2*8-9H,4-7H2,1-3H3;2*8H,4-7H2,1-3H3;7H,4-6H2,1-3H3,(H,9,10);7-8H,3-6H2,1-2H3;7-8H,4-6H2,1-3H3;7H,3-6H2,1-2H3. The molecule has 8 fully saturated rings. The van der Waals surface area contributed by atoms with Gasteiger partial charge >= 0.3 is 0 Å². The third-order valence-corrected chi connectivity index (χ3v) is 32.8. The number of amides is 2. The first-order valence-corrected chi connectivity index (χ1v) is 51.8. The summed E-state index contributed by atoms with van der Waals surface area (Å²) in [4.78, 5) is 38.4. The molecule has 0 bridgehead atoms. The van der Waals surface area contributed by atoms with E-state index in [0.717, 1.165) is 161 Å². The van der Waals surface area contributed by atoms with Gasteiger partial charge in [0.05, 0.1) is 38.5 Å². The summed E-state index contributed by atoms with van der Waals surface area (Å²) in [6, 6.07) is 2.04. The highest BCUT2D eigenvalue weighted by Gasteiger charge is 2.34. The molecule has 2 amide bonds. The molecule has 34 heteroatoms. The van der Waals surface area contributed by atoms with E-state index in [-0.39, 0.29) is 44.0 Å². The van der Waals surface area contributed by atoms with Crippen molar-refractivity contribution in [1.29, 1.82) is 0 Å². The Morgan fingerprint density at radius 1 is 0.419 bits per heavy atom. The summed E-state index contributed by atoms with van der Waals surface area (Å²) in [5, 5.41) is 1.40. The van der Waals surface area contributed by atoms with Gasteiger partial charge in [-0.15, -0.1) is 0 Å². The molecule has 0 spiro atoms. The van der Waals surface area contributed by atoms with Crippen molar-refractivity contribution in [3.05, 3.63) is 0 Å². The van der Waals surface area contributed by atoms with Crippen LogP contribution in [-0.4, -0.2) is 382 Å². The van der Waals surface area contributed by atoms with Crippen molar-refractivity contribution >= 4 is 61.9 Å². The Morgan fingerprint density at radius 2 is 0.744 bits per heavy atom. The van der Waals surface area contributed by atoms with Gasteiger partial charge in [0, 0.05) is 189 Å². The third kappa shape index (κ3) is 50.7. The van der Waals surface area contributed by atoms with Crippen molar-refractivity contribution in [1.82, 2.24) is 61.6 Å². The SMILES string of the molecule is CC(C)C(=O)N1CCN(C)CC1.CC(C)N1CCC(S(=O)(=O)N(C)C)CC1.CC(C)OC1CCOCC1.CC(C)S(=O)(=O)N1CCCC1.CC(C)S(=O)(=O)N1CCN(C)CC1.CC(C)S(=O)(=O)N1CCN(C)CC1.CC1CCN(C(C)C)CC1.CC1CCN(C(C)C)CC1.COCCCNC(=O)C(C)C.COCCCNS(=O)(=O)C(C)C. The van der Waals surface area contributed by atoms with E-state index >= 15 is 0 Å². The highest BCUT2D eigenvalue weighted by atomic mass is 32.2. The number of methoxy groups -OCH3 is 2. The number of hydrogen-bond donors (Lipinski definition) is 2. The van der Waals surface area contributed by atoms with E-state index in [9.17, 15) is 51.7 Å². The Bertz CT molecular complexity index is 3020. The number of carbonyl (C=O) groups excluding carboxylic acids is 2. The fourth-order valence-electron chi connectivity index (χ4n) is 12.8. The number of hydrogen-bond acceptors (Lipinski definition) is 22. The molecule has 0 aromatic heterocycles. The number of piperazine rings is 3. The molecule has 0 unspecified atom stereocenters. The Kier molecular flexibility index (Phi) is 62.3. The lowest BCUT2D eigenvalue weighted by Crippen LogP contribution is -2.49. The summed E-state index contributed by atoms with van der Waals surface area (Å²) in [5.41, 5.74) is 0. The zero-order valence-corrected chi connectivity index (χ0v) is 83.5. The molecule has 117 heavy (non-hydrogen) atoms. The lowest BCUT2D eigenvalue weighted by molar-refractivity contribution is -0.136. The highest BCUT2D eigenvalue weighted by molar-refractivity contribution is 7.90. The van der Waals surface area contributed by atoms with E-state index in [2.05, 4.69) is 116 Å². The summed E-state index contributed by atoms with van der Waals surface area (Å²) < 4.78 is 145. The fourth-order valence-corrected chi connectivity index (χ4v) is 18.9. The molecular formula is C83H179N13O16S5. The quantitative estimate of drug-likeness (QED) is 0.0806. The predicted molar refractivity (Wildman–Crippen MR) is 486 cm³/mol. The van der Waals surface area contributed by atoms with Gasteiger partial charge < -0.3 is 58.6 Å². The van der Waals surface area contributed by atoms with Crippen LogP contribution < -0.4 is 10.0 Å². The lowest BCUT2D eigenvalue weighted by atomic mass is 9.98. The van der Waals surface area contributed by atoms with E-state index in [4.69, 9.17) is 18.9 Å². The zero-order valence-electron chi connectivity index (χ0n) is 79.4. The van der Waals surface area contributed by atoms with Gasteiger partial charge in [0.2, 0.25) is 61.9 Å². The van der Waals surface area contributed by atoms with Gasteiger partial charge in [-0.25, -0.2) is 55.4 Å². The molecule has 8 aliphatic heterocycles. The number of rotatable bonds is 25. The monoisotopic (exact) mass is 1770 g/mol. The van der Waals surface area contributed by atoms with Gasteiger partial charge in [0.25, 0.3) is 0 Å². The molecule has 8 heterocycles. The third-order valence-electron chi connectivity index (χ3n) is 21.8. The number of piperidine rings is 3. The smallest absolute Gasteiger partial charge is 0.225 e. The van der Waals surface area contributed by atoms with Gasteiger partial charge in [0.1, 0.15) is 0 Å². The molecule has 2 N–H and O–H groups in total. The second kappa shape index (κ2) is 62.3. The van der Waals surface area contributed by atoms with Gasteiger partial charge in [-0.3, -0.25) is 9.59 Å². The van der Waals surface area contributed by atoms with E-state index in [1.807, 2.05) is 46.7 Å². The first-order valence-electron chi connectivity index (χ1n) is 44.2. The van der Waals surface area contributed by atoms with Crippen LogP contribution in [0.4, 0.5) is 0 Å². The Morgan fingerprint density at radius 3 is 1.03 bits per heavy atom. The van der Waals surface area contributed by atoms with Crippen LogP contribution >= 0.6 is 0 Å². The van der Waals surface area contributed by atoms with Crippen molar-refractivity contribution in [2.45, 2.75) is 286 Å². The Hall–Kier alpha value is -1.91. The van der Waals surface area contributed by atoms with Gasteiger partial charge in [-0.05, 0) is 260 Å². The van der Waals surface area contributed by atoms with Crippen LogP contribution in [0.15, 0.2) is 0 Å². The van der Waals surface area contributed by atoms with Crippen LogP contribution in [0.5, 0.6) is 0 Å². The number of nitrogens with one attached hydrogen (secondary N) is 2. The molecule has 0 radical (unpaired) electrons. The molecule has 0 aromatic rings. The number of sulfonamides is 5. The van der Waals surface area contributed by atoms with Crippen molar-refractivity contribution < 1.29 is 70.6 Å². The number of likely N-dealkylation sites (tertiary alicyclic amines) is 3. The summed E-state index contributed by atoms with van der Waals surface area (Å²) in [5.74, 6) is 2.57. The van der Waals surface area contributed by atoms with E-state index in [1.165, 1.54) is 56.2 Å². The molecule has 0 saturated carbocycles. The topological polar surface area (TPSA) is 301 Å². The normalized spacial score (nSPS) is 20.0. The minimum atomic E-state index is -3.08. The molecule has 8 saturated heterocycles.